The van der Waals surface area contributed by atoms with Crippen molar-refractivity contribution in [2.75, 3.05) is 0 Å². The van der Waals surface area contributed by atoms with Gasteiger partial charge in [-0.15, -0.1) is 0 Å². The molecule has 3 unspecified atom stereocenters. The van der Waals surface area contributed by atoms with Crippen LogP contribution in [0.15, 0.2) is 24.3 Å². The summed E-state index contributed by atoms with van der Waals surface area (Å²) in [6.45, 7) is 4.65. The molecule has 1 fully saturated rings. The third-order valence-corrected chi connectivity index (χ3v) is 5.39. The minimum atomic E-state index is -0.102. The molecule has 108 valence electrons. The Hall–Kier alpha value is -1.35. The maximum absolute atomic E-state index is 6.78. The molecular weight excluding hydrogens is 246 g/mol. The van der Waals surface area contributed by atoms with Crippen molar-refractivity contribution in [3.63, 3.8) is 0 Å². The third kappa shape index (κ3) is 2.14. The highest BCUT2D eigenvalue weighted by molar-refractivity contribution is 5.82. The molecule has 2 aromatic rings. The van der Waals surface area contributed by atoms with Crippen LogP contribution in [0.3, 0.4) is 0 Å². The Morgan fingerprint density at radius 1 is 1.35 bits per heavy atom. The van der Waals surface area contributed by atoms with Crippen LogP contribution >= 0.6 is 0 Å². The van der Waals surface area contributed by atoms with Gasteiger partial charge in [0.25, 0.3) is 0 Å². The highest BCUT2D eigenvalue weighted by Crippen LogP contribution is 2.38. The summed E-state index contributed by atoms with van der Waals surface area (Å²) < 4.78 is 1.98. The molecule has 0 bridgehead atoms. The molecule has 1 heterocycles. The van der Waals surface area contributed by atoms with Crippen LogP contribution in [0, 0.1) is 11.8 Å². The molecular formula is C17H25N3. The zero-order valence-electron chi connectivity index (χ0n) is 12.8. The second-order valence-corrected chi connectivity index (χ2v) is 6.66. The first-order valence-corrected chi connectivity index (χ1v) is 7.71. The van der Waals surface area contributed by atoms with E-state index in [2.05, 4.69) is 38.1 Å². The summed E-state index contributed by atoms with van der Waals surface area (Å²) in [6, 6.07) is 8.45. The molecule has 1 aromatic heterocycles. The fraction of sp³-hybridized carbons (Fsp3) is 0.588. The fourth-order valence-corrected chi connectivity index (χ4v) is 3.78. The van der Waals surface area contributed by atoms with Crippen molar-refractivity contribution in [1.29, 1.82) is 0 Å². The average molecular weight is 271 g/mol. The minimum Gasteiger partial charge on any atom is -0.324 e. The summed E-state index contributed by atoms with van der Waals surface area (Å²) in [5, 5.41) is 5.98. The second-order valence-electron chi connectivity index (χ2n) is 6.66. The molecule has 1 aliphatic rings. The van der Waals surface area contributed by atoms with Crippen molar-refractivity contribution in [2.45, 2.75) is 45.1 Å². The topological polar surface area (TPSA) is 43.8 Å². The zero-order valence-corrected chi connectivity index (χ0v) is 12.8. The quantitative estimate of drug-likeness (QED) is 0.911. The Labute approximate surface area is 121 Å². The van der Waals surface area contributed by atoms with Crippen molar-refractivity contribution in [1.82, 2.24) is 9.78 Å². The maximum atomic E-state index is 6.78. The van der Waals surface area contributed by atoms with Crippen LogP contribution in [-0.2, 0) is 13.5 Å². The number of benzene rings is 1. The maximum Gasteiger partial charge on any atom is 0.0721 e. The molecule has 0 aliphatic heterocycles. The van der Waals surface area contributed by atoms with E-state index in [1.165, 1.54) is 23.7 Å². The van der Waals surface area contributed by atoms with Crippen molar-refractivity contribution in [3.05, 3.63) is 30.0 Å². The number of aryl methyl sites for hydroxylation is 1. The number of hydrogen-bond donors (Lipinski definition) is 1. The highest BCUT2D eigenvalue weighted by atomic mass is 15.3. The monoisotopic (exact) mass is 271 g/mol. The van der Waals surface area contributed by atoms with Gasteiger partial charge in [0.2, 0.25) is 0 Å². The molecule has 20 heavy (non-hydrogen) atoms. The largest absolute Gasteiger partial charge is 0.324 e. The lowest BCUT2D eigenvalue weighted by Crippen LogP contribution is -2.52. The van der Waals surface area contributed by atoms with Crippen LogP contribution in [0.25, 0.3) is 10.9 Å². The number of fused-ring (bicyclic) bond motifs is 1. The van der Waals surface area contributed by atoms with Crippen LogP contribution in [0.1, 0.15) is 38.8 Å². The van der Waals surface area contributed by atoms with Gasteiger partial charge in [0.15, 0.2) is 0 Å². The molecule has 1 aliphatic carbocycles. The van der Waals surface area contributed by atoms with Crippen LogP contribution in [-0.4, -0.2) is 15.3 Å². The van der Waals surface area contributed by atoms with Gasteiger partial charge in [-0.2, -0.15) is 5.10 Å². The van der Waals surface area contributed by atoms with Crippen molar-refractivity contribution in [3.8, 4) is 0 Å². The summed E-state index contributed by atoms with van der Waals surface area (Å²) in [5.41, 5.74) is 9.03. The molecule has 1 aromatic carbocycles. The number of hydrogen-bond acceptors (Lipinski definition) is 2. The fourth-order valence-electron chi connectivity index (χ4n) is 3.78. The van der Waals surface area contributed by atoms with Gasteiger partial charge in [0.05, 0.1) is 11.2 Å². The van der Waals surface area contributed by atoms with Crippen LogP contribution < -0.4 is 5.73 Å². The summed E-state index contributed by atoms with van der Waals surface area (Å²) in [4.78, 5) is 0. The van der Waals surface area contributed by atoms with Gasteiger partial charge in [-0.3, -0.25) is 4.68 Å². The molecule has 1 saturated carbocycles. The van der Waals surface area contributed by atoms with Gasteiger partial charge in [-0.25, -0.2) is 0 Å². The van der Waals surface area contributed by atoms with E-state index in [0.717, 1.165) is 18.5 Å². The lowest BCUT2D eigenvalue weighted by Gasteiger charge is -2.43. The summed E-state index contributed by atoms with van der Waals surface area (Å²) in [5.74, 6) is 1.26. The second kappa shape index (κ2) is 4.88. The van der Waals surface area contributed by atoms with E-state index in [4.69, 9.17) is 10.8 Å². The highest BCUT2D eigenvalue weighted by Gasteiger charge is 2.39. The Balaban J connectivity index is 1.96. The van der Waals surface area contributed by atoms with E-state index < -0.39 is 0 Å². The zero-order chi connectivity index (χ0) is 14.3. The first-order chi connectivity index (χ1) is 9.51. The number of aromatic nitrogens is 2. The molecule has 3 rings (SSSR count). The molecule has 3 atom stereocenters. The standard InChI is InChI=1S/C17H25N3/c1-12-7-6-10-17(18,13(12)2)11-15-14-8-4-5-9-16(14)20(3)19-15/h4-5,8-9,12-13H,6-7,10-11,18H2,1-3H3. The first kappa shape index (κ1) is 13.6. The Morgan fingerprint density at radius 2 is 2.10 bits per heavy atom. The molecule has 0 amide bonds. The molecule has 2 N–H and O–H groups in total. The molecule has 0 spiro atoms. The van der Waals surface area contributed by atoms with E-state index in [1.54, 1.807) is 0 Å². The van der Waals surface area contributed by atoms with Gasteiger partial charge in [0, 0.05) is 24.4 Å². The predicted molar refractivity (Wildman–Crippen MR) is 83.5 cm³/mol. The van der Waals surface area contributed by atoms with Crippen LogP contribution in [0.5, 0.6) is 0 Å². The van der Waals surface area contributed by atoms with E-state index in [1.807, 2.05) is 11.7 Å². The molecule has 3 heteroatoms. The number of nitrogens with two attached hydrogens (primary N) is 1. The van der Waals surface area contributed by atoms with Crippen molar-refractivity contribution >= 4 is 10.9 Å². The third-order valence-electron chi connectivity index (χ3n) is 5.39. The smallest absolute Gasteiger partial charge is 0.0721 e. The van der Waals surface area contributed by atoms with Gasteiger partial charge < -0.3 is 5.73 Å². The summed E-state index contributed by atoms with van der Waals surface area (Å²) in [6.07, 6.45) is 4.55. The van der Waals surface area contributed by atoms with E-state index >= 15 is 0 Å². The van der Waals surface area contributed by atoms with E-state index in [0.29, 0.717) is 11.8 Å². The lowest BCUT2D eigenvalue weighted by atomic mass is 9.67. The van der Waals surface area contributed by atoms with Gasteiger partial charge in [-0.05, 0) is 24.3 Å². The van der Waals surface area contributed by atoms with Gasteiger partial charge >= 0.3 is 0 Å². The van der Waals surface area contributed by atoms with Crippen molar-refractivity contribution < 1.29 is 0 Å². The Kier molecular flexibility index (Phi) is 3.33. The van der Waals surface area contributed by atoms with Crippen molar-refractivity contribution in [2.24, 2.45) is 24.6 Å². The number of rotatable bonds is 2. The molecule has 0 saturated heterocycles. The molecule has 0 radical (unpaired) electrons. The number of nitrogens with zero attached hydrogens (tertiary/aromatic N) is 2. The van der Waals surface area contributed by atoms with Crippen LogP contribution in [0.2, 0.25) is 0 Å². The molecule has 3 nitrogen and oxygen atoms in total. The van der Waals surface area contributed by atoms with Gasteiger partial charge in [0.1, 0.15) is 0 Å². The summed E-state index contributed by atoms with van der Waals surface area (Å²) >= 11 is 0. The first-order valence-electron chi connectivity index (χ1n) is 7.71. The number of para-hydroxylation sites is 1. The normalized spacial score (nSPS) is 30.8. The SMILES string of the molecule is CC1CCCC(N)(Cc2nn(C)c3ccccc23)C1C. The lowest BCUT2D eigenvalue weighted by molar-refractivity contribution is 0.142. The van der Waals surface area contributed by atoms with Gasteiger partial charge in [-0.1, -0.05) is 44.9 Å². The predicted octanol–water partition coefficient (Wildman–Crippen LogP) is 3.27. The minimum absolute atomic E-state index is 0.102. The van der Waals surface area contributed by atoms with E-state index in [-0.39, 0.29) is 5.54 Å². The summed E-state index contributed by atoms with van der Waals surface area (Å²) in [7, 11) is 2.02. The Bertz CT molecular complexity index is 616. The Morgan fingerprint density at radius 3 is 2.90 bits per heavy atom. The average Bonchev–Trinajstić information content (AvgIpc) is 2.73. The van der Waals surface area contributed by atoms with Crippen LogP contribution in [0.4, 0.5) is 0 Å². The van der Waals surface area contributed by atoms with E-state index in [9.17, 15) is 0 Å².